The van der Waals surface area contributed by atoms with E-state index in [0.29, 0.717) is 17.5 Å². The monoisotopic (exact) mass is 446 g/mol. The first kappa shape index (κ1) is 21.5. The van der Waals surface area contributed by atoms with E-state index in [9.17, 15) is 8.42 Å². The van der Waals surface area contributed by atoms with Gasteiger partial charge >= 0.3 is 0 Å². The van der Waals surface area contributed by atoms with Crippen molar-refractivity contribution in [1.82, 2.24) is 24.5 Å². The molecule has 166 valence electrons. The van der Waals surface area contributed by atoms with Crippen molar-refractivity contribution in [1.29, 1.82) is 0 Å². The van der Waals surface area contributed by atoms with Gasteiger partial charge in [0.1, 0.15) is 12.4 Å². The van der Waals surface area contributed by atoms with Crippen molar-refractivity contribution in [3.63, 3.8) is 0 Å². The fourth-order valence-corrected chi connectivity index (χ4v) is 4.71. The number of aliphatic hydroxyl groups is 1. The van der Waals surface area contributed by atoms with Crippen LogP contribution < -0.4 is 14.8 Å². The number of nitrogens with zero attached hydrogens (tertiary/aromatic N) is 4. The summed E-state index contributed by atoms with van der Waals surface area (Å²) >= 11 is 0. The molecule has 0 bridgehead atoms. The molecule has 10 nitrogen and oxygen atoms in total. The SMILES string of the molecule is CS(=O)(=O)NC1CCC(Nc2nccc(-n3ncc4c(OCCO)cccc43)n2)CC1. The van der Waals surface area contributed by atoms with Crippen LogP contribution in [-0.4, -0.2) is 64.8 Å². The van der Waals surface area contributed by atoms with Gasteiger partial charge in [0, 0.05) is 24.3 Å². The number of sulfonamides is 1. The minimum Gasteiger partial charge on any atom is -0.490 e. The van der Waals surface area contributed by atoms with Crippen LogP contribution in [-0.2, 0) is 10.0 Å². The van der Waals surface area contributed by atoms with Gasteiger partial charge in [-0.25, -0.2) is 22.8 Å². The number of aromatic nitrogens is 4. The lowest BCUT2D eigenvalue weighted by atomic mass is 9.92. The van der Waals surface area contributed by atoms with Gasteiger partial charge in [0.15, 0.2) is 5.82 Å². The second kappa shape index (κ2) is 9.16. The molecule has 1 fully saturated rings. The van der Waals surface area contributed by atoms with Crippen molar-refractivity contribution in [2.75, 3.05) is 24.8 Å². The summed E-state index contributed by atoms with van der Waals surface area (Å²) in [6.07, 6.45) is 7.79. The Morgan fingerprint density at radius 2 is 1.97 bits per heavy atom. The van der Waals surface area contributed by atoms with E-state index in [0.717, 1.165) is 36.6 Å². The predicted octanol–water partition coefficient (Wildman–Crippen LogP) is 1.46. The zero-order chi connectivity index (χ0) is 21.8. The lowest BCUT2D eigenvalue weighted by Crippen LogP contribution is -2.39. The predicted molar refractivity (Wildman–Crippen MR) is 117 cm³/mol. The van der Waals surface area contributed by atoms with Crippen molar-refractivity contribution in [3.8, 4) is 11.6 Å². The van der Waals surface area contributed by atoms with Crippen LogP contribution in [0.25, 0.3) is 16.7 Å². The van der Waals surface area contributed by atoms with Crippen molar-refractivity contribution < 1.29 is 18.3 Å². The number of fused-ring (bicyclic) bond motifs is 1. The third-order valence-corrected chi connectivity index (χ3v) is 5.98. The molecule has 1 aliphatic carbocycles. The number of anilines is 1. The van der Waals surface area contributed by atoms with Crippen LogP contribution >= 0.6 is 0 Å². The minimum atomic E-state index is -3.18. The summed E-state index contributed by atoms with van der Waals surface area (Å²) in [5.41, 5.74) is 0.840. The van der Waals surface area contributed by atoms with Crippen LogP contribution in [0.2, 0.25) is 0 Å². The number of hydrogen-bond acceptors (Lipinski definition) is 8. The fourth-order valence-electron chi connectivity index (χ4n) is 3.87. The normalized spacial score (nSPS) is 19.4. The molecule has 3 aromatic rings. The van der Waals surface area contributed by atoms with Crippen molar-refractivity contribution in [2.24, 2.45) is 0 Å². The minimum absolute atomic E-state index is 0.0158. The molecule has 1 aromatic carbocycles. The third kappa shape index (κ3) is 5.30. The maximum absolute atomic E-state index is 11.4. The molecule has 0 unspecified atom stereocenters. The van der Waals surface area contributed by atoms with Crippen LogP contribution in [0.5, 0.6) is 5.75 Å². The number of hydrogen-bond donors (Lipinski definition) is 3. The summed E-state index contributed by atoms with van der Waals surface area (Å²) in [5, 5.41) is 17.7. The zero-order valence-corrected chi connectivity index (χ0v) is 18.0. The van der Waals surface area contributed by atoms with Crippen molar-refractivity contribution >= 4 is 26.9 Å². The molecule has 0 aliphatic heterocycles. The Morgan fingerprint density at radius 1 is 1.19 bits per heavy atom. The molecule has 11 heteroatoms. The molecule has 0 radical (unpaired) electrons. The van der Waals surface area contributed by atoms with Gasteiger partial charge in [0.2, 0.25) is 16.0 Å². The number of benzene rings is 1. The number of ether oxygens (including phenoxy) is 1. The van der Waals surface area contributed by atoms with Crippen molar-refractivity contribution in [2.45, 2.75) is 37.8 Å². The molecule has 0 saturated heterocycles. The molecule has 31 heavy (non-hydrogen) atoms. The van der Waals surface area contributed by atoms with Gasteiger partial charge in [0.05, 0.1) is 30.0 Å². The number of nitrogens with one attached hydrogen (secondary N) is 2. The van der Waals surface area contributed by atoms with Crippen LogP contribution in [0.4, 0.5) is 5.95 Å². The highest BCUT2D eigenvalue weighted by Crippen LogP contribution is 2.27. The van der Waals surface area contributed by atoms with Crippen molar-refractivity contribution in [3.05, 3.63) is 36.7 Å². The van der Waals surface area contributed by atoms with Crippen LogP contribution in [0, 0.1) is 0 Å². The van der Waals surface area contributed by atoms with Gasteiger partial charge < -0.3 is 15.2 Å². The first-order valence-electron chi connectivity index (χ1n) is 10.2. The zero-order valence-electron chi connectivity index (χ0n) is 17.2. The Labute approximate surface area is 180 Å². The van der Waals surface area contributed by atoms with E-state index in [1.807, 2.05) is 18.2 Å². The van der Waals surface area contributed by atoms with Crippen LogP contribution in [0.3, 0.4) is 0 Å². The molecular formula is C20H26N6O4S. The molecule has 1 saturated carbocycles. The second-order valence-corrected chi connectivity index (χ2v) is 9.42. The van der Waals surface area contributed by atoms with E-state index in [4.69, 9.17) is 9.84 Å². The lowest BCUT2D eigenvalue weighted by molar-refractivity contribution is 0.203. The van der Waals surface area contributed by atoms with E-state index in [1.54, 1.807) is 23.1 Å². The van der Waals surface area contributed by atoms with Gasteiger partial charge in [0.25, 0.3) is 0 Å². The maximum Gasteiger partial charge on any atom is 0.224 e. The Kier molecular flexibility index (Phi) is 6.35. The molecule has 2 aromatic heterocycles. The maximum atomic E-state index is 11.4. The first-order valence-corrected chi connectivity index (χ1v) is 12.1. The summed E-state index contributed by atoms with van der Waals surface area (Å²) in [6.45, 7) is 0.158. The Morgan fingerprint density at radius 3 is 2.71 bits per heavy atom. The highest BCUT2D eigenvalue weighted by Gasteiger charge is 2.23. The number of rotatable bonds is 8. The highest BCUT2D eigenvalue weighted by molar-refractivity contribution is 7.88. The average molecular weight is 447 g/mol. The molecule has 4 rings (SSSR count). The highest BCUT2D eigenvalue weighted by atomic mass is 32.2. The smallest absolute Gasteiger partial charge is 0.224 e. The topological polar surface area (TPSA) is 131 Å². The van der Waals surface area contributed by atoms with Gasteiger partial charge in [-0.2, -0.15) is 10.1 Å². The molecular weight excluding hydrogens is 420 g/mol. The molecule has 1 aliphatic rings. The molecule has 0 amide bonds. The Bertz CT molecular complexity index is 1140. The van der Waals surface area contributed by atoms with Gasteiger partial charge in [-0.1, -0.05) is 6.07 Å². The molecule has 2 heterocycles. The summed E-state index contributed by atoms with van der Waals surface area (Å²) in [6, 6.07) is 7.59. The van der Waals surface area contributed by atoms with Gasteiger partial charge in [-0.05, 0) is 37.8 Å². The van der Waals surface area contributed by atoms with E-state index in [1.165, 1.54) is 6.26 Å². The summed E-state index contributed by atoms with van der Waals surface area (Å²) in [5.74, 6) is 1.79. The molecule has 3 N–H and O–H groups in total. The second-order valence-electron chi connectivity index (χ2n) is 7.64. The van der Waals surface area contributed by atoms with E-state index >= 15 is 0 Å². The quantitative estimate of drug-likeness (QED) is 0.474. The Hall–Kier alpha value is -2.76. The fraction of sp³-hybridized carbons (Fsp3) is 0.450. The van der Waals surface area contributed by atoms with Crippen LogP contribution in [0.1, 0.15) is 25.7 Å². The van der Waals surface area contributed by atoms with E-state index < -0.39 is 10.0 Å². The summed E-state index contributed by atoms with van der Waals surface area (Å²) in [7, 11) is -3.18. The first-order chi connectivity index (χ1) is 14.9. The number of aliphatic hydroxyl groups excluding tert-OH is 1. The van der Waals surface area contributed by atoms with Crippen LogP contribution in [0.15, 0.2) is 36.7 Å². The molecule has 0 atom stereocenters. The largest absolute Gasteiger partial charge is 0.490 e. The lowest BCUT2D eigenvalue weighted by Gasteiger charge is -2.29. The van der Waals surface area contributed by atoms with E-state index in [-0.39, 0.29) is 25.3 Å². The third-order valence-electron chi connectivity index (χ3n) is 5.22. The molecule has 0 spiro atoms. The van der Waals surface area contributed by atoms with Gasteiger partial charge in [-0.15, -0.1) is 0 Å². The standard InChI is InChI=1S/C20H26N6O4S/c1-31(28,29)25-15-7-5-14(6-8-15)23-20-21-10-9-19(24-20)26-17-3-2-4-18(30-12-11-27)16(17)13-22-26/h2-4,9-10,13-15,25,27H,5-8,11-12H2,1H3,(H,21,23,24). The average Bonchev–Trinajstić information content (AvgIpc) is 3.18. The summed E-state index contributed by atoms with van der Waals surface area (Å²) in [4.78, 5) is 8.95. The van der Waals surface area contributed by atoms with E-state index in [2.05, 4.69) is 25.1 Å². The Balaban J connectivity index is 1.47. The summed E-state index contributed by atoms with van der Waals surface area (Å²) < 4.78 is 32.8. The van der Waals surface area contributed by atoms with Gasteiger partial charge in [-0.3, -0.25) is 0 Å².